The van der Waals surface area contributed by atoms with Crippen LogP contribution in [0.5, 0.6) is 5.75 Å². The molecule has 8 heteroatoms. The fraction of sp³-hybridized carbons (Fsp3) is 0.412. The maximum absolute atomic E-state index is 12.0. The Morgan fingerprint density at radius 2 is 2.20 bits per heavy atom. The van der Waals surface area contributed by atoms with Crippen molar-refractivity contribution in [1.82, 2.24) is 20.4 Å². The van der Waals surface area contributed by atoms with E-state index in [4.69, 9.17) is 4.74 Å². The summed E-state index contributed by atoms with van der Waals surface area (Å²) in [5.41, 5.74) is 1.79. The number of carbonyl (C=O) groups is 1. The largest absolute Gasteiger partial charge is 0.497 e. The van der Waals surface area contributed by atoms with Gasteiger partial charge in [0.05, 0.1) is 25.0 Å². The summed E-state index contributed by atoms with van der Waals surface area (Å²) in [6.45, 7) is 1.43. The SMILES string of the molecule is COc1ccc(-n2ccc(CNC(=O)CC3CSCCN3)n2)cc1.Cl. The summed E-state index contributed by atoms with van der Waals surface area (Å²) >= 11 is 1.90. The van der Waals surface area contributed by atoms with Crippen LogP contribution in [0.2, 0.25) is 0 Å². The van der Waals surface area contributed by atoms with Crippen LogP contribution in [0.15, 0.2) is 36.5 Å². The lowest BCUT2D eigenvalue weighted by Crippen LogP contribution is -2.41. The van der Waals surface area contributed by atoms with Gasteiger partial charge in [0.1, 0.15) is 5.75 Å². The van der Waals surface area contributed by atoms with Crippen LogP contribution < -0.4 is 15.4 Å². The van der Waals surface area contributed by atoms with E-state index < -0.39 is 0 Å². The van der Waals surface area contributed by atoms with Crippen molar-refractivity contribution in [2.45, 2.75) is 19.0 Å². The van der Waals surface area contributed by atoms with E-state index in [2.05, 4.69) is 15.7 Å². The monoisotopic (exact) mass is 382 g/mol. The summed E-state index contributed by atoms with van der Waals surface area (Å²) in [5, 5.41) is 10.8. The molecule has 0 aliphatic carbocycles. The number of benzene rings is 1. The van der Waals surface area contributed by atoms with E-state index in [1.165, 1.54) is 0 Å². The van der Waals surface area contributed by atoms with Gasteiger partial charge in [0.15, 0.2) is 0 Å². The standard InChI is InChI=1S/C17H22N4O2S.ClH/c1-23-16-4-2-15(3-5-16)21-8-6-13(20-21)11-19-17(22)10-14-12-24-9-7-18-14;/h2-6,8,14,18H,7,9-12H2,1H3,(H,19,22);1H. The number of methoxy groups -OCH3 is 1. The van der Waals surface area contributed by atoms with Gasteiger partial charge in [-0.2, -0.15) is 16.9 Å². The first-order valence-corrected chi connectivity index (χ1v) is 9.17. The zero-order chi connectivity index (χ0) is 16.8. The van der Waals surface area contributed by atoms with E-state index in [-0.39, 0.29) is 24.4 Å². The highest BCUT2D eigenvalue weighted by atomic mass is 35.5. The second-order valence-electron chi connectivity index (χ2n) is 5.66. The van der Waals surface area contributed by atoms with Crippen molar-refractivity contribution in [2.75, 3.05) is 25.2 Å². The lowest BCUT2D eigenvalue weighted by molar-refractivity contribution is -0.121. The van der Waals surface area contributed by atoms with E-state index >= 15 is 0 Å². The molecule has 1 aliphatic rings. The molecule has 1 fully saturated rings. The summed E-state index contributed by atoms with van der Waals surface area (Å²) in [6, 6.07) is 9.88. The van der Waals surface area contributed by atoms with Crippen LogP contribution in [0.1, 0.15) is 12.1 Å². The number of halogens is 1. The van der Waals surface area contributed by atoms with E-state index in [9.17, 15) is 4.79 Å². The van der Waals surface area contributed by atoms with Gasteiger partial charge < -0.3 is 15.4 Å². The number of hydrogen-bond donors (Lipinski definition) is 2. The van der Waals surface area contributed by atoms with Gasteiger partial charge in [-0.1, -0.05) is 0 Å². The summed E-state index contributed by atoms with van der Waals surface area (Å²) in [5.74, 6) is 3.00. The average molecular weight is 383 g/mol. The van der Waals surface area contributed by atoms with Gasteiger partial charge in [-0.05, 0) is 30.3 Å². The Bertz CT molecular complexity index is 672. The predicted molar refractivity (Wildman–Crippen MR) is 103 cm³/mol. The Morgan fingerprint density at radius 1 is 1.40 bits per heavy atom. The van der Waals surface area contributed by atoms with Crippen LogP contribution >= 0.6 is 24.2 Å². The van der Waals surface area contributed by atoms with Gasteiger partial charge in [0.2, 0.25) is 5.91 Å². The quantitative estimate of drug-likeness (QED) is 0.800. The summed E-state index contributed by atoms with van der Waals surface area (Å²) in [6.07, 6.45) is 2.41. The smallest absolute Gasteiger partial charge is 0.221 e. The molecule has 0 saturated carbocycles. The van der Waals surface area contributed by atoms with Crippen LogP contribution in [0.4, 0.5) is 0 Å². The number of thioether (sulfide) groups is 1. The molecule has 1 aromatic carbocycles. The predicted octanol–water partition coefficient (Wildman–Crippen LogP) is 2.01. The van der Waals surface area contributed by atoms with E-state index in [0.29, 0.717) is 13.0 Å². The maximum atomic E-state index is 12.0. The van der Waals surface area contributed by atoms with E-state index in [1.54, 1.807) is 11.8 Å². The zero-order valence-corrected chi connectivity index (χ0v) is 15.7. The van der Waals surface area contributed by atoms with Crippen molar-refractivity contribution >= 4 is 30.1 Å². The molecule has 2 N–H and O–H groups in total. The van der Waals surface area contributed by atoms with Gasteiger partial charge in [0.25, 0.3) is 0 Å². The lowest BCUT2D eigenvalue weighted by Gasteiger charge is -2.22. The number of carbonyl (C=O) groups excluding carboxylic acids is 1. The van der Waals surface area contributed by atoms with Crippen LogP contribution in [-0.4, -0.2) is 46.9 Å². The third-order valence-electron chi connectivity index (χ3n) is 3.88. The third kappa shape index (κ3) is 5.66. The van der Waals surface area contributed by atoms with Crippen LogP contribution in [-0.2, 0) is 11.3 Å². The molecule has 2 aromatic rings. The van der Waals surface area contributed by atoms with Crippen molar-refractivity contribution < 1.29 is 9.53 Å². The molecule has 136 valence electrons. The molecule has 1 aromatic heterocycles. The highest BCUT2D eigenvalue weighted by molar-refractivity contribution is 7.99. The lowest BCUT2D eigenvalue weighted by atomic mass is 10.2. The molecule has 1 aliphatic heterocycles. The van der Waals surface area contributed by atoms with Gasteiger partial charge in [-0.25, -0.2) is 4.68 Å². The van der Waals surface area contributed by atoms with Crippen LogP contribution in [0.3, 0.4) is 0 Å². The molecule has 2 heterocycles. The highest BCUT2D eigenvalue weighted by Gasteiger charge is 2.16. The summed E-state index contributed by atoms with van der Waals surface area (Å²) in [4.78, 5) is 12.0. The number of rotatable bonds is 6. The van der Waals surface area contributed by atoms with Gasteiger partial charge >= 0.3 is 0 Å². The fourth-order valence-electron chi connectivity index (χ4n) is 2.57. The van der Waals surface area contributed by atoms with Crippen molar-refractivity contribution in [3.63, 3.8) is 0 Å². The molecule has 6 nitrogen and oxygen atoms in total. The second kappa shape index (κ2) is 9.70. The highest BCUT2D eigenvalue weighted by Crippen LogP contribution is 2.14. The van der Waals surface area contributed by atoms with Crippen LogP contribution in [0, 0.1) is 0 Å². The maximum Gasteiger partial charge on any atom is 0.221 e. The fourth-order valence-corrected chi connectivity index (χ4v) is 3.52. The number of hydrogen-bond acceptors (Lipinski definition) is 5. The molecular formula is C17H23ClN4O2S. The van der Waals surface area contributed by atoms with Crippen LogP contribution in [0.25, 0.3) is 5.69 Å². The molecule has 0 spiro atoms. The number of amides is 1. The normalized spacial score (nSPS) is 16.8. The molecule has 1 saturated heterocycles. The minimum atomic E-state index is 0. The molecule has 0 bridgehead atoms. The average Bonchev–Trinajstić information content (AvgIpc) is 3.10. The molecule has 3 rings (SSSR count). The number of aromatic nitrogens is 2. The number of nitrogens with one attached hydrogen (secondary N) is 2. The Labute approximate surface area is 158 Å². The van der Waals surface area contributed by atoms with Gasteiger partial charge in [-0.15, -0.1) is 12.4 Å². The Hall–Kier alpha value is -1.70. The third-order valence-corrected chi connectivity index (χ3v) is 5.01. The molecule has 0 radical (unpaired) electrons. The minimum absolute atomic E-state index is 0. The molecule has 1 amide bonds. The second-order valence-corrected chi connectivity index (χ2v) is 6.81. The first-order valence-electron chi connectivity index (χ1n) is 8.01. The molecular weight excluding hydrogens is 360 g/mol. The summed E-state index contributed by atoms with van der Waals surface area (Å²) < 4.78 is 6.95. The van der Waals surface area contributed by atoms with Crippen molar-refractivity contribution in [3.05, 3.63) is 42.2 Å². The van der Waals surface area contributed by atoms with Crippen molar-refractivity contribution in [3.8, 4) is 11.4 Å². The minimum Gasteiger partial charge on any atom is -0.497 e. The number of ether oxygens (including phenoxy) is 1. The van der Waals surface area contributed by atoms with Crippen molar-refractivity contribution in [1.29, 1.82) is 0 Å². The summed E-state index contributed by atoms with van der Waals surface area (Å²) in [7, 11) is 1.64. The van der Waals surface area contributed by atoms with E-state index in [1.807, 2.05) is 48.3 Å². The Kier molecular flexibility index (Phi) is 7.61. The molecule has 1 unspecified atom stereocenters. The Balaban J connectivity index is 0.00000225. The van der Waals surface area contributed by atoms with E-state index in [0.717, 1.165) is 35.2 Å². The van der Waals surface area contributed by atoms with Gasteiger partial charge in [0, 0.05) is 36.7 Å². The Morgan fingerprint density at radius 3 is 2.88 bits per heavy atom. The number of nitrogens with zero attached hydrogens (tertiary/aromatic N) is 2. The van der Waals surface area contributed by atoms with Gasteiger partial charge in [-0.3, -0.25) is 4.79 Å². The molecule has 25 heavy (non-hydrogen) atoms. The van der Waals surface area contributed by atoms with Crippen molar-refractivity contribution in [2.24, 2.45) is 0 Å². The first kappa shape index (κ1) is 19.6. The molecule has 1 atom stereocenters. The topological polar surface area (TPSA) is 68.2 Å². The zero-order valence-electron chi connectivity index (χ0n) is 14.1. The first-order chi connectivity index (χ1) is 11.7.